The van der Waals surface area contributed by atoms with Crippen LogP contribution in [-0.4, -0.2) is 18.1 Å². The van der Waals surface area contributed by atoms with E-state index in [2.05, 4.69) is 38.6 Å². The number of esters is 1. The number of nitrogens with one attached hydrogen (secondary N) is 2. The zero-order valence-electron chi connectivity index (χ0n) is 11.8. The highest BCUT2D eigenvalue weighted by molar-refractivity contribution is 5.88. The van der Waals surface area contributed by atoms with E-state index < -0.39 is 5.97 Å². The molecule has 2 heterocycles. The standard InChI is InChI=1S/C16H17N3O2/c1-21-16(20)15-7-14(4-5-18-15)19-8-11-2-3-12-9-17-10-13(12)6-11/h2-7,17H,8-10H2,1H3,(H,18,19). The van der Waals surface area contributed by atoms with Gasteiger partial charge in [0.15, 0.2) is 0 Å². The van der Waals surface area contributed by atoms with E-state index in [-0.39, 0.29) is 0 Å². The van der Waals surface area contributed by atoms with Gasteiger partial charge in [0.1, 0.15) is 5.69 Å². The van der Waals surface area contributed by atoms with Crippen LogP contribution in [0.15, 0.2) is 36.5 Å². The lowest BCUT2D eigenvalue weighted by molar-refractivity contribution is 0.0594. The number of aromatic nitrogens is 1. The second-order valence-corrected chi connectivity index (χ2v) is 4.98. The number of hydrogen-bond donors (Lipinski definition) is 2. The highest BCUT2D eigenvalue weighted by Crippen LogP contribution is 2.18. The van der Waals surface area contributed by atoms with Gasteiger partial charge >= 0.3 is 5.97 Å². The van der Waals surface area contributed by atoms with Crippen molar-refractivity contribution in [2.75, 3.05) is 12.4 Å². The van der Waals surface area contributed by atoms with Crippen LogP contribution < -0.4 is 10.6 Å². The normalized spacial score (nSPS) is 12.8. The molecule has 1 aromatic heterocycles. The summed E-state index contributed by atoms with van der Waals surface area (Å²) in [4.78, 5) is 15.4. The fourth-order valence-electron chi connectivity index (χ4n) is 2.42. The second kappa shape index (κ2) is 5.93. The van der Waals surface area contributed by atoms with Gasteiger partial charge in [0.2, 0.25) is 0 Å². The summed E-state index contributed by atoms with van der Waals surface area (Å²) in [5.74, 6) is -0.428. The molecule has 0 fully saturated rings. The molecular formula is C16H17N3O2. The van der Waals surface area contributed by atoms with Crippen LogP contribution in [-0.2, 0) is 24.4 Å². The van der Waals surface area contributed by atoms with Gasteiger partial charge in [-0.1, -0.05) is 18.2 Å². The maximum atomic E-state index is 11.4. The molecule has 0 unspecified atom stereocenters. The van der Waals surface area contributed by atoms with E-state index in [1.165, 1.54) is 23.8 Å². The molecule has 5 nitrogen and oxygen atoms in total. The van der Waals surface area contributed by atoms with Gasteiger partial charge in [-0.15, -0.1) is 0 Å². The number of nitrogens with zero attached hydrogens (tertiary/aromatic N) is 1. The number of ether oxygens (including phenoxy) is 1. The van der Waals surface area contributed by atoms with Crippen molar-refractivity contribution < 1.29 is 9.53 Å². The minimum Gasteiger partial charge on any atom is -0.464 e. The second-order valence-electron chi connectivity index (χ2n) is 4.98. The Balaban J connectivity index is 1.69. The molecule has 3 rings (SSSR count). The summed E-state index contributed by atoms with van der Waals surface area (Å²) in [6.07, 6.45) is 1.60. The number of carbonyl (C=O) groups is 1. The van der Waals surface area contributed by atoms with Crippen molar-refractivity contribution in [3.63, 3.8) is 0 Å². The number of carbonyl (C=O) groups excluding carboxylic acids is 1. The molecule has 0 aliphatic carbocycles. The first-order chi connectivity index (χ1) is 10.3. The number of pyridine rings is 1. The summed E-state index contributed by atoms with van der Waals surface area (Å²) in [5.41, 5.74) is 5.11. The lowest BCUT2D eigenvalue weighted by Gasteiger charge is -2.09. The maximum Gasteiger partial charge on any atom is 0.356 e. The van der Waals surface area contributed by atoms with E-state index in [0.29, 0.717) is 12.2 Å². The smallest absolute Gasteiger partial charge is 0.356 e. The molecule has 0 saturated heterocycles. The minimum atomic E-state index is -0.428. The van der Waals surface area contributed by atoms with Crippen molar-refractivity contribution in [1.82, 2.24) is 10.3 Å². The zero-order chi connectivity index (χ0) is 14.7. The Labute approximate surface area is 123 Å². The Morgan fingerprint density at radius 1 is 1.29 bits per heavy atom. The van der Waals surface area contributed by atoms with Gasteiger partial charge in [-0.25, -0.2) is 9.78 Å². The summed E-state index contributed by atoms with van der Waals surface area (Å²) >= 11 is 0. The molecule has 108 valence electrons. The highest BCUT2D eigenvalue weighted by Gasteiger charge is 2.10. The van der Waals surface area contributed by atoms with E-state index in [0.717, 1.165) is 18.8 Å². The van der Waals surface area contributed by atoms with Crippen LogP contribution in [0.2, 0.25) is 0 Å². The van der Waals surface area contributed by atoms with Crippen molar-refractivity contribution in [3.05, 3.63) is 58.9 Å². The lowest BCUT2D eigenvalue weighted by atomic mass is 10.1. The average Bonchev–Trinajstić information content (AvgIpc) is 3.00. The number of methoxy groups -OCH3 is 1. The van der Waals surface area contributed by atoms with E-state index in [9.17, 15) is 4.79 Å². The minimum absolute atomic E-state index is 0.306. The van der Waals surface area contributed by atoms with E-state index >= 15 is 0 Å². The third-order valence-electron chi connectivity index (χ3n) is 3.55. The van der Waals surface area contributed by atoms with Crippen LogP contribution in [0.4, 0.5) is 5.69 Å². The molecule has 1 aliphatic heterocycles. The van der Waals surface area contributed by atoms with Crippen LogP contribution in [0.5, 0.6) is 0 Å². The molecule has 0 radical (unpaired) electrons. The largest absolute Gasteiger partial charge is 0.464 e. The van der Waals surface area contributed by atoms with Gasteiger partial charge < -0.3 is 15.4 Å². The summed E-state index contributed by atoms with van der Waals surface area (Å²) in [7, 11) is 1.35. The number of benzene rings is 1. The quantitative estimate of drug-likeness (QED) is 0.841. The zero-order valence-corrected chi connectivity index (χ0v) is 11.8. The van der Waals surface area contributed by atoms with Gasteiger partial charge in [0.25, 0.3) is 0 Å². The van der Waals surface area contributed by atoms with Crippen LogP contribution in [0.1, 0.15) is 27.2 Å². The molecule has 0 spiro atoms. The number of anilines is 1. The molecule has 2 aromatic rings. The van der Waals surface area contributed by atoms with Crippen molar-refractivity contribution >= 4 is 11.7 Å². The van der Waals surface area contributed by atoms with Crippen LogP contribution in [0, 0.1) is 0 Å². The molecule has 0 atom stereocenters. The summed E-state index contributed by atoms with van der Waals surface area (Å²) < 4.78 is 4.67. The van der Waals surface area contributed by atoms with Gasteiger partial charge in [-0.2, -0.15) is 0 Å². The first-order valence-electron chi connectivity index (χ1n) is 6.86. The van der Waals surface area contributed by atoms with Crippen molar-refractivity contribution in [2.45, 2.75) is 19.6 Å². The number of rotatable bonds is 4. The molecule has 0 amide bonds. The predicted molar refractivity (Wildman–Crippen MR) is 79.9 cm³/mol. The SMILES string of the molecule is COC(=O)c1cc(NCc2ccc3c(c2)CNC3)ccn1. The Bertz CT molecular complexity index is 670. The van der Waals surface area contributed by atoms with Gasteiger partial charge in [-0.05, 0) is 28.8 Å². The maximum absolute atomic E-state index is 11.4. The fourth-order valence-corrected chi connectivity index (χ4v) is 2.42. The van der Waals surface area contributed by atoms with Crippen LogP contribution in [0.25, 0.3) is 0 Å². The average molecular weight is 283 g/mol. The summed E-state index contributed by atoms with van der Waals surface area (Å²) in [6, 6.07) is 10.0. The molecule has 21 heavy (non-hydrogen) atoms. The fraction of sp³-hybridized carbons (Fsp3) is 0.250. The van der Waals surface area contributed by atoms with Gasteiger partial charge in [-0.3, -0.25) is 0 Å². The molecule has 5 heteroatoms. The first-order valence-corrected chi connectivity index (χ1v) is 6.86. The lowest BCUT2D eigenvalue weighted by Crippen LogP contribution is -2.06. The monoisotopic (exact) mass is 283 g/mol. The van der Waals surface area contributed by atoms with Crippen molar-refractivity contribution in [1.29, 1.82) is 0 Å². The molecule has 2 N–H and O–H groups in total. The molecule has 1 aliphatic rings. The van der Waals surface area contributed by atoms with Crippen LogP contribution >= 0.6 is 0 Å². The molecule has 1 aromatic carbocycles. The Morgan fingerprint density at radius 3 is 3.00 bits per heavy atom. The molecule has 0 bridgehead atoms. The molecule has 0 saturated carbocycles. The highest BCUT2D eigenvalue weighted by atomic mass is 16.5. The van der Waals surface area contributed by atoms with E-state index in [1.54, 1.807) is 12.3 Å². The number of fused-ring (bicyclic) bond motifs is 1. The summed E-state index contributed by atoms with van der Waals surface area (Å²) in [6.45, 7) is 2.60. The number of hydrogen-bond acceptors (Lipinski definition) is 5. The van der Waals surface area contributed by atoms with E-state index in [1.807, 2.05) is 6.07 Å². The van der Waals surface area contributed by atoms with E-state index in [4.69, 9.17) is 0 Å². The topological polar surface area (TPSA) is 63.2 Å². The van der Waals surface area contributed by atoms with Gasteiger partial charge in [0.05, 0.1) is 7.11 Å². The molecular weight excluding hydrogens is 266 g/mol. The first kappa shape index (κ1) is 13.6. The summed E-state index contributed by atoms with van der Waals surface area (Å²) in [5, 5.41) is 6.64. The van der Waals surface area contributed by atoms with Crippen molar-refractivity contribution in [3.8, 4) is 0 Å². The third kappa shape index (κ3) is 3.03. The van der Waals surface area contributed by atoms with Gasteiger partial charge in [0, 0.05) is 31.5 Å². The van der Waals surface area contributed by atoms with Crippen LogP contribution in [0.3, 0.4) is 0 Å². The Morgan fingerprint density at radius 2 is 2.14 bits per heavy atom. The Hall–Kier alpha value is -2.40. The predicted octanol–water partition coefficient (Wildman–Crippen LogP) is 2.08. The van der Waals surface area contributed by atoms with Crippen molar-refractivity contribution in [2.24, 2.45) is 0 Å². The third-order valence-corrected chi connectivity index (χ3v) is 3.55. The Kier molecular flexibility index (Phi) is 3.83.